The molecule has 0 aliphatic heterocycles. The summed E-state index contributed by atoms with van der Waals surface area (Å²) in [6.45, 7) is 0. The van der Waals surface area contributed by atoms with Gasteiger partial charge in [-0.05, 0) is 6.07 Å². The molecule has 0 fully saturated rings. The lowest BCUT2D eigenvalue weighted by Gasteiger charge is -1.96. The van der Waals surface area contributed by atoms with Crippen molar-refractivity contribution in [2.75, 3.05) is 18.6 Å². The SMILES string of the molecule is COn1ccc2c(N)c(N)oc21. The van der Waals surface area contributed by atoms with Crippen LogP contribution in [-0.2, 0) is 0 Å². The van der Waals surface area contributed by atoms with Crippen molar-refractivity contribution in [1.29, 1.82) is 0 Å². The van der Waals surface area contributed by atoms with Gasteiger partial charge in [-0.15, -0.1) is 0 Å². The van der Waals surface area contributed by atoms with E-state index < -0.39 is 0 Å². The molecule has 0 atom stereocenters. The van der Waals surface area contributed by atoms with Crippen LogP contribution in [0, 0.1) is 0 Å². The first kappa shape index (κ1) is 6.90. The molecule has 4 N–H and O–H groups in total. The first-order valence-corrected chi connectivity index (χ1v) is 3.43. The van der Waals surface area contributed by atoms with Crippen LogP contribution in [0.15, 0.2) is 16.7 Å². The van der Waals surface area contributed by atoms with E-state index in [9.17, 15) is 0 Å². The maximum Gasteiger partial charge on any atom is 0.244 e. The molecule has 0 spiro atoms. The number of rotatable bonds is 1. The molecule has 5 nitrogen and oxygen atoms in total. The molecule has 0 aromatic carbocycles. The summed E-state index contributed by atoms with van der Waals surface area (Å²) in [7, 11) is 1.54. The fraction of sp³-hybridized carbons (Fsp3) is 0.143. The molecule has 2 aromatic heterocycles. The number of nitrogen functional groups attached to an aromatic ring is 2. The van der Waals surface area contributed by atoms with Gasteiger partial charge >= 0.3 is 0 Å². The summed E-state index contributed by atoms with van der Waals surface area (Å²) in [5.41, 5.74) is 12.1. The lowest BCUT2D eigenvalue weighted by atomic mass is 10.3. The van der Waals surface area contributed by atoms with Crippen LogP contribution in [0.4, 0.5) is 11.6 Å². The van der Waals surface area contributed by atoms with Crippen LogP contribution in [0.25, 0.3) is 11.1 Å². The van der Waals surface area contributed by atoms with Crippen molar-refractivity contribution >= 4 is 22.7 Å². The second-order valence-electron chi connectivity index (χ2n) is 2.42. The second kappa shape index (κ2) is 2.10. The zero-order valence-corrected chi connectivity index (χ0v) is 6.57. The van der Waals surface area contributed by atoms with Gasteiger partial charge in [0.05, 0.1) is 5.39 Å². The highest BCUT2D eigenvalue weighted by molar-refractivity contribution is 5.93. The molecule has 0 amide bonds. The minimum absolute atomic E-state index is 0.228. The van der Waals surface area contributed by atoms with Crippen molar-refractivity contribution in [3.05, 3.63) is 12.3 Å². The van der Waals surface area contributed by atoms with Crippen molar-refractivity contribution in [2.24, 2.45) is 0 Å². The molecule has 0 saturated carbocycles. The molecule has 0 saturated heterocycles. The highest BCUT2D eigenvalue weighted by Crippen LogP contribution is 2.30. The third-order valence-electron chi connectivity index (χ3n) is 1.77. The van der Waals surface area contributed by atoms with Crippen LogP contribution in [0.5, 0.6) is 0 Å². The van der Waals surface area contributed by atoms with E-state index in [4.69, 9.17) is 20.7 Å². The summed E-state index contributed by atoms with van der Waals surface area (Å²) in [5.74, 6) is 0.228. The molecule has 0 aliphatic rings. The van der Waals surface area contributed by atoms with E-state index in [2.05, 4.69) is 0 Å². The van der Waals surface area contributed by atoms with E-state index in [1.165, 1.54) is 11.8 Å². The molecule has 2 aromatic rings. The normalized spacial score (nSPS) is 10.8. The summed E-state index contributed by atoms with van der Waals surface area (Å²) >= 11 is 0. The molecule has 2 rings (SSSR count). The number of hydrogen-bond donors (Lipinski definition) is 2. The van der Waals surface area contributed by atoms with E-state index >= 15 is 0 Å². The summed E-state index contributed by atoms with van der Waals surface area (Å²) in [5, 5.41) is 0.773. The van der Waals surface area contributed by atoms with Crippen molar-refractivity contribution in [3.63, 3.8) is 0 Å². The predicted octanol–water partition coefficient (Wildman–Crippen LogP) is 0.457. The Balaban J connectivity index is 2.79. The van der Waals surface area contributed by atoms with Gasteiger partial charge in [-0.25, -0.2) is 0 Å². The highest BCUT2D eigenvalue weighted by atomic mass is 16.7. The maximum absolute atomic E-state index is 5.62. The lowest BCUT2D eigenvalue weighted by molar-refractivity contribution is 0.170. The van der Waals surface area contributed by atoms with Crippen LogP contribution in [0.1, 0.15) is 0 Å². The lowest BCUT2D eigenvalue weighted by Crippen LogP contribution is -2.01. The van der Waals surface area contributed by atoms with Crippen LogP contribution in [0.3, 0.4) is 0 Å². The summed E-state index contributed by atoms with van der Waals surface area (Å²) in [6, 6.07) is 1.79. The van der Waals surface area contributed by atoms with E-state index in [1.807, 2.05) is 0 Å². The third-order valence-corrected chi connectivity index (χ3v) is 1.77. The number of fused-ring (bicyclic) bond motifs is 1. The number of nitrogens with two attached hydrogens (primary N) is 2. The van der Waals surface area contributed by atoms with Gasteiger partial charge in [0.15, 0.2) is 0 Å². The highest BCUT2D eigenvalue weighted by Gasteiger charge is 2.12. The van der Waals surface area contributed by atoms with Gasteiger partial charge < -0.3 is 20.7 Å². The maximum atomic E-state index is 5.62. The molecule has 0 radical (unpaired) electrons. The van der Waals surface area contributed by atoms with E-state index in [0.717, 1.165) is 5.39 Å². The Bertz CT molecular complexity index is 415. The molecular weight excluding hydrogens is 158 g/mol. The average molecular weight is 167 g/mol. The summed E-state index contributed by atoms with van der Waals surface area (Å²) in [6.07, 6.45) is 1.71. The van der Waals surface area contributed by atoms with Crippen LogP contribution >= 0.6 is 0 Å². The number of anilines is 2. The fourth-order valence-corrected chi connectivity index (χ4v) is 1.14. The fourth-order valence-electron chi connectivity index (χ4n) is 1.14. The molecular formula is C7H9N3O2. The average Bonchev–Trinajstić information content (AvgIpc) is 2.55. The Hall–Kier alpha value is -1.78. The molecule has 12 heavy (non-hydrogen) atoms. The van der Waals surface area contributed by atoms with Gasteiger partial charge in [0.1, 0.15) is 12.8 Å². The second-order valence-corrected chi connectivity index (χ2v) is 2.42. The molecule has 0 bridgehead atoms. The van der Waals surface area contributed by atoms with Crippen LogP contribution in [-0.4, -0.2) is 11.8 Å². The first-order chi connectivity index (χ1) is 5.74. The molecule has 0 unspecified atom stereocenters. The molecule has 64 valence electrons. The molecule has 5 heteroatoms. The Morgan fingerprint density at radius 1 is 1.50 bits per heavy atom. The van der Waals surface area contributed by atoms with Crippen molar-refractivity contribution < 1.29 is 9.25 Å². The standard InChI is InChI=1S/C7H9N3O2/c1-11-10-3-2-4-5(8)6(9)12-7(4)10/h2-3H,8-9H2,1H3. The van der Waals surface area contributed by atoms with Gasteiger partial charge in [0, 0.05) is 6.20 Å². The predicted molar refractivity (Wildman–Crippen MR) is 45.5 cm³/mol. The Morgan fingerprint density at radius 2 is 2.25 bits per heavy atom. The zero-order valence-electron chi connectivity index (χ0n) is 6.57. The Labute approximate surface area is 68.4 Å². The van der Waals surface area contributed by atoms with Crippen LogP contribution < -0.4 is 16.3 Å². The molecule has 2 heterocycles. The topological polar surface area (TPSA) is 79.3 Å². The van der Waals surface area contributed by atoms with Gasteiger partial charge in [-0.2, -0.15) is 4.73 Å². The first-order valence-electron chi connectivity index (χ1n) is 3.43. The van der Waals surface area contributed by atoms with E-state index in [0.29, 0.717) is 11.4 Å². The number of furan rings is 1. The van der Waals surface area contributed by atoms with Crippen molar-refractivity contribution in [3.8, 4) is 0 Å². The minimum atomic E-state index is 0.228. The van der Waals surface area contributed by atoms with Crippen LogP contribution in [0.2, 0.25) is 0 Å². The molecule has 0 aliphatic carbocycles. The number of aromatic nitrogens is 1. The third kappa shape index (κ3) is 0.674. The minimum Gasteiger partial charge on any atom is -0.419 e. The Morgan fingerprint density at radius 3 is 2.92 bits per heavy atom. The zero-order chi connectivity index (χ0) is 8.72. The van der Waals surface area contributed by atoms with Crippen molar-refractivity contribution in [2.45, 2.75) is 0 Å². The largest absolute Gasteiger partial charge is 0.419 e. The van der Waals surface area contributed by atoms with Gasteiger partial charge in [0.2, 0.25) is 11.6 Å². The van der Waals surface area contributed by atoms with Gasteiger partial charge in [-0.3, -0.25) is 0 Å². The summed E-state index contributed by atoms with van der Waals surface area (Å²) in [4.78, 5) is 4.95. The monoisotopic (exact) mass is 167 g/mol. The van der Waals surface area contributed by atoms with Crippen molar-refractivity contribution in [1.82, 2.24) is 4.73 Å². The van der Waals surface area contributed by atoms with Gasteiger partial charge in [0.25, 0.3) is 0 Å². The van der Waals surface area contributed by atoms with E-state index in [-0.39, 0.29) is 5.88 Å². The number of nitrogens with zero attached hydrogens (tertiary/aromatic N) is 1. The van der Waals surface area contributed by atoms with E-state index in [1.54, 1.807) is 12.3 Å². The Kier molecular flexibility index (Phi) is 1.21. The quantitative estimate of drug-likeness (QED) is 0.646. The summed E-state index contributed by atoms with van der Waals surface area (Å²) < 4.78 is 6.61. The smallest absolute Gasteiger partial charge is 0.244 e. The van der Waals surface area contributed by atoms with Gasteiger partial charge in [-0.1, -0.05) is 0 Å². The number of hydrogen-bond acceptors (Lipinski definition) is 4.